The molecule has 0 aliphatic heterocycles. The molecule has 0 unspecified atom stereocenters. The van der Waals surface area contributed by atoms with Crippen LogP contribution in [0.4, 0.5) is 26.4 Å². The van der Waals surface area contributed by atoms with Gasteiger partial charge in [-0.25, -0.2) is 18.7 Å². The number of rotatable bonds is 7. The number of amides is 2. The highest BCUT2D eigenvalue weighted by Crippen LogP contribution is 2.30. The molecule has 2 saturated carbocycles. The average molecular weight is 483 g/mol. The predicted molar refractivity (Wildman–Crippen MR) is 127 cm³/mol. The molecule has 184 valence electrons. The Balaban J connectivity index is 1.36. The van der Waals surface area contributed by atoms with Crippen molar-refractivity contribution in [1.29, 1.82) is 0 Å². The number of fused-ring (bicyclic) bond motifs is 1. The van der Waals surface area contributed by atoms with E-state index >= 15 is 0 Å². The Morgan fingerprint density at radius 3 is 2.46 bits per heavy atom. The van der Waals surface area contributed by atoms with E-state index in [1.54, 1.807) is 0 Å². The third-order valence-electron chi connectivity index (χ3n) is 6.24. The summed E-state index contributed by atoms with van der Waals surface area (Å²) in [4.78, 5) is 32.5. The summed E-state index contributed by atoms with van der Waals surface area (Å²) < 4.78 is 20.2. The third kappa shape index (κ3) is 5.26. The molecule has 0 atom stereocenters. The highest BCUT2D eigenvalue weighted by atomic mass is 19.1. The first kappa shape index (κ1) is 22.8. The highest BCUT2D eigenvalue weighted by Gasteiger charge is 2.26. The van der Waals surface area contributed by atoms with E-state index in [9.17, 15) is 14.0 Å². The maximum atomic E-state index is 14.0. The molecule has 3 aromatic rings. The Kier molecular flexibility index (Phi) is 6.34. The van der Waals surface area contributed by atoms with E-state index in [0.29, 0.717) is 17.5 Å². The number of halogens is 1. The van der Waals surface area contributed by atoms with Crippen molar-refractivity contribution in [1.82, 2.24) is 24.9 Å². The van der Waals surface area contributed by atoms with E-state index in [4.69, 9.17) is 0 Å². The van der Waals surface area contributed by atoms with Crippen molar-refractivity contribution < 1.29 is 18.7 Å². The van der Waals surface area contributed by atoms with E-state index in [-0.39, 0.29) is 23.5 Å². The number of anilines is 3. The van der Waals surface area contributed by atoms with Crippen molar-refractivity contribution in [2.45, 2.75) is 56.7 Å². The zero-order valence-electron chi connectivity index (χ0n) is 19.3. The van der Waals surface area contributed by atoms with Gasteiger partial charge in [0, 0.05) is 30.4 Å². The number of ether oxygens (including phenoxy) is 1. The molecule has 2 aliphatic rings. The molecule has 2 amide bonds. The number of pyridine rings is 1. The monoisotopic (exact) mass is 482 g/mol. The van der Waals surface area contributed by atoms with Gasteiger partial charge >= 0.3 is 6.09 Å². The van der Waals surface area contributed by atoms with Crippen LogP contribution in [0.1, 0.15) is 49.0 Å². The van der Waals surface area contributed by atoms with Crippen LogP contribution in [0.5, 0.6) is 0 Å². The Morgan fingerprint density at radius 1 is 1.03 bits per heavy atom. The van der Waals surface area contributed by atoms with Crippen LogP contribution in [0.25, 0.3) is 5.65 Å². The maximum Gasteiger partial charge on any atom is 0.407 e. The van der Waals surface area contributed by atoms with E-state index in [0.717, 1.165) is 50.4 Å². The molecule has 5 rings (SSSR count). The zero-order chi connectivity index (χ0) is 24.4. The fourth-order valence-electron chi connectivity index (χ4n) is 4.23. The summed E-state index contributed by atoms with van der Waals surface area (Å²) in [6.07, 6.45) is 8.93. The quantitative estimate of drug-likeness (QED) is 0.403. The molecule has 12 heteroatoms. The van der Waals surface area contributed by atoms with Crippen LogP contribution < -0.4 is 21.3 Å². The standard InChI is InChI=1S/C23H27FN8O3/c1-35-23(34)29-15-6-4-14(5-7-15)28-20-10-18(27-13-2-3-13)21-26-12-19(32(21)31-20)22(33)30-17-8-9-25-11-16(17)24/h8-15,27H,2-7H2,1H3,(H,28,31)(H,29,34)(H,25,30,33). The molecule has 0 spiro atoms. The smallest absolute Gasteiger partial charge is 0.407 e. The van der Waals surface area contributed by atoms with Crippen molar-refractivity contribution in [2.75, 3.05) is 23.1 Å². The molecule has 2 aliphatic carbocycles. The first-order valence-electron chi connectivity index (χ1n) is 11.7. The van der Waals surface area contributed by atoms with Crippen molar-refractivity contribution >= 4 is 34.8 Å². The first-order valence-corrected chi connectivity index (χ1v) is 11.7. The summed E-state index contributed by atoms with van der Waals surface area (Å²) in [6, 6.07) is 3.91. The summed E-state index contributed by atoms with van der Waals surface area (Å²) in [5.74, 6) is -0.551. The molecule has 0 radical (unpaired) electrons. The second kappa shape index (κ2) is 9.72. The molecule has 3 aromatic heterocycles. The van der Waals surface area contributed by atoms with Crippen molar-refractivity contribution in [2.24, 2.45) is 0 Å². The van der Waals surface area contributed by atoms with Crippen LogP contribution in [0, 0.1) is 5.82 Å². The predicted octanol–water partition coefficient (Wildman–Crippen LogP) is 3.17. The van der Waals surface area contributed by atoms with Crippen LogP contribution in [-0.4, -0.2) is 56.8 Å². The van der Waals surface area contributed by atoms with E-state index in [1.165, 1.54) is 30.1 Å². The van der Waals surface area contributed by atoms with Crippen LogP contribution >= 0.6 is 0 Å². The van der Waals surface area contributed by atoms with E-state index < -0.39 is 17.8 Å². The van der Waals surface area contributed by atoms with Gasteiger partial charge in [0.25, 0.3) is 5.91 Å². The number of hydrogen-bond donors (Lipinski definition) is 4. The van der Waals surface area contributed by atoms with E-state index in [1.807, 2.05) is 6.07 Å². The summed E-state index contributed by atoms with van der Waals surface area (Å²) >= 11 is 0. The Morgan fingerprint density at radius 2 is 1.74 bits per heavy atom. The SMILES string of the molecule is COC(=O)NC1CCC(Nc2cc(NC3CC3)c3ncc(C(=O)Nc4ccncc4F)n3n2)CC1. The van der Waals surface area contributed by atoms with Gasteiger partial charge in [0.1, 0.15) is 5.82 Å². The average Bonchev–Trinajstić information content (AvgIpc) is 3.57. The molecular formula is C23H27FN8O3. The lowest BCUT2D eigenvalue weighted by molar-refractivity contribution is 0.101. The number of hydrogen-bond acceptors (Lipinski definition) is 8. The van der Waals surface area contributed by atoms with Crippen molar-refractivity contribution in [3.8, 4) is 0 Å². The van der Waals surface area contributed by atoms with Gasteiger partial charge < -0.3 is 26.0 Å². The maximum absolute atomic E-state index is 14.0. The fraction of sp³-hybridized carbons (Fsp3) is 0.435. The number of imidazole rings is 1. The molecular weight excluding hydrogens is 455 g/mol. The van der Waals surface area contributed by atoms with Gasteiger partial charge in [0.2, 0.25) is 0 Å². The lowest BCUT2D eigenvalue weighted by Gasteiger charge is -2.29. The zero-order valence-corrected chi connectivity index (χ0v) is 19.3. The largest absolute Gasteiger partial charge is 0.453 e. The summed E-state index contributed by atoms with van der Waals surface area (Å²) in [5.41, 5.74) is 1.52. The Hall–Kier alpha value is -3.96. The lowest BCUT2D eigenvalue weighted by Crippen LogP contribution is -2.40. The number of carbonyl (C=O) groups excluding carboxylic acids is 2. The molecule has 0 aromatic carbocycles. The molecule has 0 saturated heterocycles. The number of aromatic nitrogens is 4. The second-order valence-electron chi connectivity index (χ2n) is 8.88. The molecule has 35 heavy (non-hydrogen) atoms. The van der Waals surface area contributed by atoms with Crippen LogP contribution in [0.3, 0.4) is 0 Å². The fourth-order valence-corrected chi connectivity index (χ4v) is 4.23. The number of nitrogens with one attached hydrogen (secondary N) is 4. The molecule has 4 N–H and O–H groups in total. The van der Waals surface area contributed by atoms with Gasteiger partial charge in [0.15, 0.2) is 17.2 Å². The first-order chi connectivity index (χ1) is 17.0. The van der Waals surface area contributed by atoms with Gasteiger partial charge in [-0.05, 0) is 44.6 Å². The van der Waals surface area contributed by atoms with Crippen LogP contribution in [0.15, 0.2) is 30.7 Å². The summed E-state index contributed by atoms with van der Waals surface area (Å²) in [5, 5.41) is 17.0. The minimum atomic E-state index is -0.627. The normalized spacial score (nSPS) is 19.7. The third-order valence-corrected chi connectivity index (χ3v) is 6.24. The second-order valence-corrected chi connectivity index (χ2v) is 8.88. The van der Waals surface area contributed by atoms with E-state index in [2.05, 4.69) is 41.1 Å². The minimum Gasteiger partial charge on any atom is -0.453 e. The minimum absolute atomic E-state index is 0.0304. The van der Waals surface area contributed by atoms with Gasteiger partial charge in [-0.3, -0.25) is 9.78 Å². The molecule has 2 fully saturated rings. The number of alkyl carbamates (subject to hydrolysis) is 1. The Bertz CT molecular complexity index is 1240. The topological polar surface area (TPSA) is 135 Å². The van der Waals surface area contributed by atoms with Gasteiger partial charge in [0.05, 0.1) is 30.9 Å². The Labute approximate surface area is 200 Å². The van der Waals surface area contributed by atoms with Crippen molar-refractivity contribution in [3.05, 3.63) is 42.2 Å². The highest BCUT2D eigenvalue weighted by molar-refractivity contribution is 6.03. The van der Waals surface area contributed by atoms with Crippen LogP contribution in [0.2, 0.25) is 0 Å². The number of carbonyl (C=O) groups is 2. The molecule has 0 bridgehead atoms. The van der Waals surface area contributed by atoms with Crippen molar-refractivity contribution in [3.63, 3.8) is 0 Å². The lowest BCUT2D eigenvalue weighted by atomic mass is 9.91. The number of nitrogens with zero attached hydrogens (tertiary/aromatic N) is 4. The number of methoxy groups -OCH3 is 1. The van der Waals surface area contributed by atoms with Crippen LogP contribution in [-0.2, 0) is 4.74 Å². The molecule has 3 heterocycles. The summed E-state index contributed by atoms with van der Waals surface area (Å²) in [6.45, 7) is 0. The molecule has 11 nitrogen and oxygen atoms in total. The summed E-state index contributed by atoms with van der Waals surface area (Å²) in [7, 11) is 1.36. The van der Waals surface area contributed by atoms with Gasteiger partial charge in [-0.2, -0.15) is 0 Å². The van der Waals surface area contributed by atoms with Gasteiger partial charge in [-0.1, -0.05) is 0 Å². The van der Waals surface area contributed by atoms with Gasteiger partial charge in [-0.15, -0.1) is 5.10 Å².